The second-order valence-electron chi connectivity index (χ2n) is 5.02. The third-order valence-electron chi connectivity index (χ3n) is 3.50. The molecular formula is C14H21N3O2. The number of hydrogen-bond acceptors (Lipinski definition) is 3. The highest BCUT2D eigenvalue weighted by Gasteiger charge is 2.31. The average Bonchev–Trinajstić information content (AvgIpc) is 2.83. The number of carbonyl (C=O) groups excluding carboxylic acids is 2. The van der Waals surface area contributed by atoms with Crippen molar-refractivity contribution >= 4 is 11.8 Å². The maximum Gasteiger partial charge on any atom is 0.246 e. The molecule has 0 aliphatic carbocycles. The number of aryl methyl sites for hydroxylation is 1. The molecule has 1 fully saturated rings. The molecule has 1 N–H and O–H groups in total. The lowest BCUT2D eigenvalue weighted by atomic mass is 10.0. The van der Waals surface area contributed by atoms with Crippen LogP contribution < -0.4 is 5.32 Å². The van der Waals surface area contributed by atoms with E-state index in [4.69, 9.17) is 0 Å². The van der Waals surface area contributed by atoms with E-state index in [9.17, 15) is 9.59 Å². The number of likely N-dealkylation sites (N-methyl/N-ethyl adjacent to an activating group) is 1. The predicted molar refractivity (Wildman–Crippen MR) is 72.4 cm³/mol. The van der Waals surface area contributed by atoms with E-state index in [1.54, 1.807) is 7.05 Å². The summed E-state index contributed by atoms with van der Waals surface area (Å²) in [7, 11) is 1.55. The van der Waals surface area contributed by atoms with Crippen LogP contribution in [-0.4, -0.2) is 34.4 Å². The van der Waals surface area contributed by atoms with E-state index >= 15 is 0 Å². The molecule has 1 saturated heterocycles. The third-order valence-corrected chi connectivity index (χ3v) is 3.50. The first-order valence-corrected chi connectivity index (χ1v) is 6.80. The molecule has 0 spiro atoms. The van der Waals surface area contributed by atoms with Gasteiger partial charge in [0.05, 0.1) is 6.04 Å². The number of amides is 2. The van der Waals surface area contributed by atoms with Crippen LogP contribution in [0.4, 0.5) is 0 Å². The van der Waals surface area contributed by atoms with Crippen LogP contribution in [0.2, 0.25) is 0 Å². The molecule has 0 bridgehead atoms. The molecule has 5 heteroatoms. The number of hydrogen-bond donors (Lipinski definition) is 1. The van der Waals surface area contributed by atoms with Gasteiger partial charge in [0.25, 0.3) is 0 Å². The van der Waals surface area contributed by atoms with Gasteiger partial charge in [-0.15, -0.1) is 0 Å². The molecule has 0 radical (unpaired) electrons. The zero-order valence-corrected chi connectivity index (χ0v) is 11.6. The van der Waals surface area contributed by atoms with Gasteiger partial charge in [-0.1, -0.05) is 6.92 Å². The largest absolute Gasteiger partial charge is 0.354 e. The minimum atomic E-state index is -0.239. The molecule has 1 aromatic rings. The van der Waals surface area contributed by atoms with Crippen LogP contribution in [0, 0.1) is 0 Å². The van der Waals surface area contributed by atoms with Crippen molar-refractivity contribution in [2.24, 2.45) is 0 Å². The number of rotatable bonds is 5. The predicted octanol–water partition coefficient (Wildman–Crippen LogP) is 1.14. The fourth-order valence-corrected chi connectivity index (χ4v) is 2.34. The Balaban J connectivity index is 1.87. The van der Waals surface area contributed by atoms with Gasteiger partial charge in [0.2, 0.25) is 11.8 Å². The number of carbonyl (C=O) groups is 2. The highest BCUT2D eigenvalue weighted by atomic mass is 16.2. The van der Waals surface area contributed by atoms with Gasteiger partial charge in [-0.2, -0.15) is 0 Å². The first-order chi connectivity index (χ1) is 9.11. The van der Waals surface area contributed by atoms with Gasteiger partial charge in [-0.25, -0.2) is 0 Å². The molecule has 5 nitrogen and oxygen atoms in total. The molecule has 104 valence electrons. The molecule has 2 rings (SSSR count). The van der Waals surface area contributed by atoms with E-state index in [0.29, 0.717) is 19.4 Å². The Labute approximate surface area is 113 Å². The minimum absolute atomic E-state index is 0.0860. The quantitative estimate of drug-likeness (QED) is 0.810. The molecule has 1 unspecified atom stereocenters. The van der Waals surface area contributed by atoms with Gasteiger partial charge in [0, 0.05) is 39.0 Å². The molecule has 0 saturated carbocycles. The van der Waals surface area contributed by atoms with Crippen molar-refractivity contribution in [3.8, 4) is 0 Å². The summed E-state index contributed by atoms with van der Waals surface area (Å²) in [5.41, 5.74) is 1.17. The summed E-state index contributed by atoms with van der Waals surface area (Å²) in [5.74, 6) is -0.207. The molecule has 0 aromatic carbocycles. The summed E-state index contributed by atoms with van der Waals surface area (Å²) < 4.78 is 2.15. The van der Waals surface area contributed by atoms with Gasteiger partial charge >= 0.3 is 0 Å². The van der Waals surface area contributed by atoms with Crippen LogP contribution in [-0.2, 0) is 22.7 Å². The summed E-state index contributed by atoms with van der Waals surface area (Å²) in [6.45, 7) is 3.82. The smallest absolute Gasteiger partial charge is 0.246 e. The zero-order chi connectivity index (χ0) is 13.8. The van der Waals surface area contributed by atoms with Crippen LogP contribution in [0.15, 0.2) is 18.5 Å². The molecule has 19 heavy (non-hydrogen) atoms. The monoisotopic (exact) mass is 263 g/mol. The molecule has 1 aromatic heterocycles. The van der Waals surface area contributed by atoms with E-state index in [-0.39, 0.29) is 17.9 Å². The number of piperidine rings is 1. The van der Waals surface area contributed by atoms with Crippen molar-refractivity contribution < 1.29 is 9.59 Å². The van der Waals surface area contributed by atoms with Crippen LogP contribution in [0.25, 0.3) is 0 Å². The van der Waals surface area contributed by atoms with Crippen LogP contribution in [0.1, 0.15) is 31.7 Å². The van der Waals surface area contributed by atoms with Crippen LogP contribution in [0.5, 0.6) is 0 Å². The number of nitrogens with zero attached hydrogens (tertiary/aromatic N) is 2. The van der Waals surface area contributed by atoms with Crippen molar-refractivity contribution in [3.05, 3.63) is 24.0 Å². The Kier molecular flexibility index (Phi) is 4.37. The van der Waals surface area contributed by atoms with Gasteiger partial charge in [-0.3, -0.25) is 14.5 Å². The molecular weight excluding hydrogens is 242 g/mol. The summed E-state index contributed by atoms with van der Waals surface area (Å²) >= 11 is 0. The number of imide groups is 1. The minimum Gasteiger partial charge on any atom is -0.354 e. The van der Waals surface area contributed by atoms with Gasteiger partial charge in [-0.05, 0) is 24.5 Å². The zero-order valence-electron chi connectivity index (χ0n) is 11.6. The molecule has 2 heterocycles. The summed E-state index contributed by atoms with van der Waals surface area (Å²) in [6, 6.07) is 1.82. The van der Waals surface area contributed by atoms with Gasteiger partial charge < -0.3 is 9.88 Å². The van der Waals surface area contributed by atoms with E-state index in [0.717, 1.165) is 13.0 Å². The normalized spacial score (nSPS) is 20.1. The molecule has 1 aliphatic heterocycles. The number of likely N-dealkylation sites (tertiary alicyclic amines) is 1. The Morgan fingerprint density at radius 1 is 1.42 bits per heavy atom. The molecule has 2 amide bonds. The van der Waals surface area contributed by atoms with Crippen molar-refractivity contribution in [1.82, 2.24) is 14.8 Å². The summed E-state index contributed by atoms with van der Waals surface area (Å²) in [5, 5.41) is 3.24. The second kappa shape index (κ2) is 6.02. The van der Waals surface area contributed by atoms with Crippen molar-refractivity contribution in [1.29, 1.82) is 0 Å². The van der Waals surface area contributed by atoms with E-state index < -0.39 is 0 Å². The van der Waals surface area contributed by atoms with Crippen LogP contribution >= 0.6 is 0 Å². The first kappa shape index (κ1) is 13.8. The highest BCUT2D eigenvalue weighted by molar-refractivity contribution is 6.00. The summed E-state index contributed by atoms with van der Waals surface area (Å²) in [6.07, 6.45) is 6.29. The Morgan fingerprint density at radius 3 is 2.95 bits per heavy atom. The summed E-state index contributed by atoms with van der Waals surface area (Å²) in [4.78, 5) is 24.5. The standard InChI is InChI=1S/C14H21N3O2/c1-3-7-17-8-6-11(10-17)9-15-12-4-5-13(18)16(2)14(12)19/h6,8,10,12,15H,3-5,7,9H2,1-2H3. The third kappa shape index (κ3) is 3.23. The van der Waals surface area contributed by atoms with Gasteiger partial charge in [0.15, 0.2) is 0 Å². The SMILES string of the molecule is CCCn1ccc(CNC2CCC(=O)N(C)C2=O)c1. The van der Waals surface area contributed by atoms with E-state index in [1.165, 1.54) is 10.5 Å². The number of nitrogens with one attached hydrogen (secondary N) is 1. The fourth-order valence-electron chi connectivity index (χ4n) is 2.34. The van der Waals surface area contributed by atoms with E-state index in [2.05, 4.69) is 35.3 Å². The van der Waals surface area contributed by atoms with Gasteiger partial charge in [0.1, 0.15) is 0 Å². The van der Waals surface area contributed by atoms with E-state index in [1.807, 2.05) is 0 Å². The Morgan fingerprint density at radius 2 is 2.21 bits per heavy atom. The lowest BCUT2D eigenvalue weighted by Gasteiger charge is -2.28. The lowest BCUT2D eigenvalue weighted by Crippen LogP contribution is -2.51. The maximum absolute atomic E-state index is 11.9. The van der Waals surface area contributed by atoms with Crippen molar-refractivity contribution in [3.63, 3.8) is 0 Å². The number of aromatic nitrogens is 1. The molecule has 1 aliphatic rings. The Bertz CT molecular complexity index is 467. The second-order valence-corrected chi connectivity index (χ2v) is 5.02. The fraction of sp³-hybridized carbons (Fsp3) is 0.571. The van der Waals surface area contributed by atoms with Crippen molar-refractivity contribution in [2.75, 3.05) is 7.05 Å². The highest BCUT2D eigenvalue weighted by Crippen LogP contribution is 2.12. The molecule has 1 atom stereocenters. The Hall–Kier alpha value is -1.62. The topological polar surface area (TPSA) is 54.3 Å². The lowest BCUT2D eigenvalue weighted by molar-refractivity contribution is -0.148. The average molecular weight is 263 g/mol. The van der Waals surface area contributed by atoms with Crippen molar-refractivity contribution in [2.45, 2.75) is 45.3 Å². The first-order valence-electron chi connectivity index (χ1n) is 6.80. The van der Waals surface area contributed by atoms with Crippen LogP contribution in [0.3, 0.4) is 0 Å². The maximum atomic E-state index is 11.9.